The Hall–Kier alpha value is -2.04. The number of ether oxygens (including phenoxy) is 1. The summed E-state index contributed by atoms with van der Waals surface area (Å²) in [5, 5.41) is 5.66. The van der Waals surface area contributed by atoms with Gasteiger partial charge in [0, 0.05) is 12.6 Å². The Morgan fingerprint density at radius 3 is 2.27 bits per heavy atom. The van der Waals surface area contributed by atoms with Crippen LogP contribution in [-0.4, -0.2) is 25.0 Å². The van der Waals surface area contributed by atoms with E-state index in [2.05, 4.69) is 10.6 Å². The van der Waals surface area contributed by atoms with Crippen molar-refractivity contribution in [3.05, 3.63) is 29.8 Å². The van der Waals surface area contributed by atoms with Crippen LogP contribution < -0.4 is 15.4 Å². The summed E-state index contributed by atoms with van der Waals surface area (Å²) < 4.78 is 5.09. The molecule has 0 saturated heterocycles. The van der Waals surface area contributed by atoms with Crippen LogP contribution in [0.15, 0.2) is 24.3 Å². The van der Waals surface area contributed by atoms with Gasteiger partial charge in [0.05, 0.1) is 7.11 Å². The summed E-state index contributed by atoms with van der Waals surface area (Å²) in [4.78, 5) is 24.5. The van der Waals surface area contributed by atoms with E-state index >= 15 is 0 Å². The predicted molar refractivity (Wildman–Crippen MR) is 86.5 cm³/mol. The Labute approximate surface area is 132 Å². The van der Waals surface area contributed by atoms with Crippen LogP contribution in [0.5, 0.6) is 5.75 Å². The second kappa shape index (κ2) is 7.82. The summed E-state index contributed by atoms with van der Waals surface area (Å²) >= 11 is 0. The average molecular weight is 306 g/mol. The highest BCUT2D eigenvalue weighted by molar-refractivity contribution is 6.04. The predicted octanol–water partition coefficient (Wildman–Crippen LogP) is 2.25. The van der Waals surface area contributed by atoms with Gasteiger partial charge in [0.25, 0.3) is 0 Å². The Morgan fingerprint density at radius 1 is 1.18 bits per heavy atom. The molecule has 5 heteroatoms. The van der Waals surface area contributed by atoms with Crippen molar-refractivity contribution >= 4 is 11.8 Å². The van der Waals surface area contributed by atoms with Gasteiger partial charge in [-0.05, 0) is 44.9 Å². The van der Waals surface area contributed by atoms with E-state index in [1.165, 1.54) is 0 Å². The van der Waals surface area contributed by atoms with Crippen LogP contribution in [0.3, 0.4) is 0 Å². The van der Waals surface area contributed by atoms with Crippen LogP contribution >= 0.6 is 0 Å². The summed E-state index contributed by atoms with van der Waals surface area (Å²) in [7, 11) is 1.61. The molecule has 2 amide bonds. The fraction of sp³-hybridized carbons (Fsp3) is 0.529. The minimum absolute atomic E-state index is 0.0566. The van der Waals surface area contributed by atoms with Crippen LogP contribution in [-0.2, 0) is 16.1 Å². The topological polar surface area (TPSA) is 67.4 Å². The van der Waals surface area contributed by atoms with Crippen molar-refractivity contribution in [3.63, 3.8) is 0 Å². The second-order valence-electron chi connectivity index (χ2n) is 5.94. The van der Waals surface area contributed by atoms with Gasteiger partial charge in [-0.15, -0.1) is 0 Å². The maximum absolute atomic E-state index is 12.3. The Balaban J connectivity index is 2.60. The van der Waals surface area contributed by atoms with Crippen LogP contribution in [0.2, 0.25) is 0 Å². The van der Waals surface area contributed by atoms with Crippen molar-refractivity contribution in [1.82, 2.24) is 10.6 Å². The number of amides is 2. The highest BCUT2D eigenvalue weighted by atomic mass is 16.5. The maximum Gasteiger partial charge on any atom is 0.235 e. The molecule has 0 aromatic heterocycles. The van der Waals surface area contributed by atoms with E-state index in [9.17, 15) is 9.59 Å². The van der Waals surface area contributed by atoms with E-state index in [1.54, 1.807) is 21.0 Å². The van der Waals surface area contributed by atoms with Gasteiger partial charge in [0.15, 0.2) is 0 Å². The first-order chi connectivity index (χ1) is 10.3. The highest BCUT2D eigenvalue weighted by Crippen LogP contribution is 2.17. The number of methoxy groups -OCH3 is 1. The van der Waals surface area contributed by atoms with Gasteiger partial charge in [-0.25, -0.2) is 0 Å². The van der Waals surface area contributed by atoms with Crippen molar-refractivity contribution in [2.75, 3.05) is 7.11 Å². The van der Waals surface area contributed by atoms with Gasteiger partial charge >= 0.3 is 0 Å². The minimum Gasteiger partial charge on any atom is -0.497 e. The standard InChI is InChI=1S/C17H26N2O3/c1-6-12(2)19-16(21)17(3,4)15(20)18-11-13-7-9-14(22-5)10-8-13/h7-10,12H,6,11H2,1-5H3,(H,18,20)(H,19,21). The first-order valence-electron chi connectivity index (χ1n) is 7.53. The molecule has 1 unspecified atom stereocenters. The Kier molecular flexibility index (Phi) is 6.40. The van der Waals surface area contributed by atoms with Gasteiger partial charge < -0.3 is 15.4 Å². The lowest BCUT2D eigenvalue weighted by Gasteiger charge is -2.24. The lowest BCUT2D eigenvalue weighted by molar-refractivity contribution is -0.141. The van der Waals surface area contributed by atoms with E-state index < -0.39 is 5.41 Å². The Morgan fingerprint density at radius 2 is 1.77 bits per heavy atom. The van der Waals surface area contributed by atoms with Gasteiger partial charge in [-0.3, -0.25) is 9.59 Å². The summed E-state index contributed by atoms with van der Waals surface area (Å²) in [5.41, 5.74) is -0.150. The van der Waals surface area contributed by atoms with Crippen LogP contribution in [0.4, 0.5) is 0 Å². The smallest absolute Gasteiger partial charge is 0.235 e. The third-order valence-electron chi connectivity index (χ3n) is 3.74. The van der Waals surface area contributed by atoms with Gasteiger partial charge in [-0.1, -0.05) is 19.1 Å². The van der Waals surface area contributed by atoms with Crippen molar-refractivity contribution in [2.45, 2.75) is 46.7 Å². The molecule has 0 radical (unpaired) electrons. The number of hydrogen-bond donors (Lipinski definition) is 2. The number of benzene rings is 1. The molecule has 0 aliphatic carbocycles. The summed E-state index contributed by atoms with van der Waals surface area (Å²) in [5.74, 6) is 0.224. The Bertz CT molecular complexity index is 509. The summed E-state index contributed by atoms with van der Waals surface area (Å²) in [6.45, 7) is 7.55. The number of nitrogens with one attached hydrogen (secondary N) is 2. The summed E-state index contributed by atoms with van der Waals surface area (Å²) in [6, 6.07) is 7.49. The third kappa shape index (κ3) is 4.76. The molecular formula is C17H26N2O3. The molecular weight excluding hydrogens is 280 g/mol. The highest BCUT2D eigenvalue weighted by Gasteiger charge is 2.36. The number of carbonyl (C=O) groups excluding carboxylic acids is 2. The van der Waals surface area contributed by atoms with Crippen LogP contribution in [0.25, 0.3) is 0 Å². The molecule has 22 heavy (non-hydrogen) atoms. The number of carbonyl (C=O) groups is 2. The molecule has 1 aromatic carbocycles. The zero-order valence-electron chi connectivity index (χ0n) is 14.0. The monoisotopic (exact) mass is 306 g/mol. The SMILES string of the molecule is CCC(C)NC(=O)C(C)(C)C(=O)NCc1ccc(OC)cc1. The molecule has 5 nitrogen and oxygen atoms in total. The molecule has 1 aromatic rings. The van der Waals surface area contributed by atoms with E-state index in [-0.39, 0.29) is 17.9 Å². The van der Waals surface area contributed by atoms with E-state index in [0.717, 1.165) is 17.7 Å². The average Bonchev–Trinajstić information content (AvgIpc) is 2.52. The second-order valence-corrected chi connectivity index (χ2v) is 5.94. The largest absolute Gasteiger partial charge is 0.497 e. The van der Waals surface area contributed by atoms with Gasteiger partial charge in [0.1, 0.15) is 11.2 Å². The molecule has 122 valence electrons. The van der Waals surface area contributed by atoms with Crippen LogP contribution in [0.1, 0.15) is 39.7 Å². The fourth-order valence-corrected chi connectivity index (χ4v) is 1.76. The van der Waals surface area contributed by atoms with E-state index in [4.69, 9.17) is 4.74 Å². The zero-order valence-corrected chi connectivity index (χ0v) is 14.0. The maximum atomic E-state index is 12.3. The lowest BCUT2D eigenvalue weighted by atomic mass is 9.90. The molecule has 0 saturated carbocycles. The molecule has 0 heterocycles. The van der Waals surface area contributed by atoms with Crippen LogP contribution in [0, 0.1) is 5.41 Å². The molecule has 0 fully saturated rings. The van der Waals surface area contributed by atoms with Crippen molar-refractivity contribution in [2.24, 2.45) is 5.41 Å². The van der Waals surface area contributed by atoms with Gasteiger partial charge in [-0.2, -0.15) is 0 Å². The van der Waals surface area contributed by atoms with Crippen molar-refractivity contribution in [3.8, 4) is 5.75 Å². The minimum atomic E-state index is -1.10. The van der Waals surface area contributed by atoms with E-state index in [0.29, 0.717) is 6.54 Å². The summed E-state index contributed by atoms with van der Waals surface area (Å²) in [6.07, 6.45) is 0.829. The fourth-order valence-electron chi connectivity index (χ4n) is 1.76. The molecule has 0 aliphatic heterocycles. The lowest BCUT2D eigenvalue weighted by Crippen LogP contribution is -2.49. The normalized spacial score (nSPS) is 12.4. The molecule has 0 spiro atoms. The molecule has 2 N–H and O–H groups in total. The van der Waals surface area contributed by atoms with Crippen molar-refractivity contribution in [1.29, 1.82) is 0 Å². The first kappa shape index (κ1) is 18.0. The number of hydrogen-bond acceptors (Lipinski definition) is 3. The molecule has 0 bridgehead atoms. The first-order valence-corrected chi connectivity index (χ1v) is 7.53. The molecule has 1 rings (SSSR count). The zero-order chi connectivity index (χ0) is 16.8. The number of rotatable bonds is 7. The van der Waals surface area contributed by atoms with Gasteiger partial charge in [0.2, 0.25) is 11.8 Å². The third-order valence-corrected chi connectivity index (χ3v) is 3.74. The van der Waals surface area contributed by atoms with Crippen molar-refractivity contribution < 1.29 is 14.3 Å². The molecule has 0 aliphatic rings. The quantitative estimate of drug-likeness (QED) is 0.759. The van der Waals surface area contributed by atoms with E-state index in [1.807, 2.05) is 38.1 Å². The molecule has 1 atom stereocenters.